The first kappa shape index (κ1) is 13.0. The van der Waals surface area contributed by atoms with Crippen LogP contribution >= 0.6 is 11.3 Å². The largest absolute Gasteiger partial charge is 0.407 e. The van der Waals surface area contributed by atoms with Crippen molar-refractivity contribution < 1.29 is 4.42 Å². The average Bonchev–Trinajstić information content (AvgIpc) is 3.00. The third kappa shape index (κ3) is 3.30. The molecule has 5 nitrogen and oxygen atoms in total. The minimum absolute atomic E-state index is 0.248. The molecule has 0 fully saturated rings. The van der Waals surface area contributed by atoms with E-state index in [9.17, 15) is 0 Å². The Bertz CT molecular complexity index is 454. The van der Waals surface area contributed by atoms with Crippen molar-refractivity contribution in [3.8, 4) is 0 Å². The monoisotopic (exact) mass is 266 g/mol. The van der Waals surface area contributed by atoms with Gasteiger partial charge in [0, 0.05) is 4.88 Å². The molecule has 0 spiro atoms. The molecule has 0 radical (unpaired) electrons. The molecule has 2 aromatic rings. The van der Waals surface area contributed by atoms with Crippen LogP contribution in [0.2, 0.25) is 0 Å². The van der Waals surface area contributed by atoms with Crippen molar-refractivity contribution in [2.24, 2.45) is 0 Å². The number of nitrogens with zero attached hydrogens (tertiary/aromatic N) is 2. The molecule has 6 heteroatoms. The lowest BCUT2D eigenvalue weighted by Gasteiger charge is -2.14. The highest BCUT2D eigenvalue weighted by molar-refractivity contribution is 7.10. The molecule has 0 aliphatic rings. The van der Waals surface area contributed by atoms with Gasteiger partial charge in [-0.2, -0.15) is 0 Å². The van der Waals surface area contributed by atoms with Crippen LogP contribution in [0.5, 0.6) is 0 Å². The molecular formula is C12H18N4OS. The summed E-state index contributed by atoms with van der Waals surface area (Å²) in [7, 11) is 1.85. The van der Waals surface area contributed by atoms with Gasteiger partial charge in [-0.15, -0.1) is 16.4 Å². The predicted molar refractivity (Wildman–Crippen MR) is 72.7 cm³/mol. The van der Waals surface area contributed by atoms with E-state index in [1.54, 1.807) is 11.3 Å². The molecule has 1 atom stereocenters. The summed E-state index contributed by atoms with van der Waals surface area (Å²) in [5.41, 5.74) is 0. The second-order valence-electron chi connectivity index (χ2n) is 4.03. The van der Waals surface area contributed by atoms with Crippen LogP contribution < -0.4 is 10.6 Å². The summed E-state index contributed by atoms with van der Waals surface area (Å²) < 4.78 is 5.51. The Morgan fingerprint density at radius 2 is 2.33 bits per heavy atom. The minimum Gasteiger partial charge on any atom is -0.407 e. The summed E-state index contributed by atoms with van der Waals surface area (Å²) in [6.07, 6.45) is 2.15. The number of hydrogen-bond acceptors (Lipinski definition) is 6. The highest BCUT2D eigenvalue weighted by Crippen LogP contribution is 2.26. The van der Waals surface area contributed by atoms with Crippen molar-refractivity contribution in [1.82, 2.24) is 15.5 Å². The number of rotatable bonds is 7. The molecule has 0 amide bonds. The zero-order valence-electron chi connectivity index (χ0n) is 10.6. The normalized spacial score (nSPS) is 12.6. The van der Waals surface area contributed by atoms with Gasteiger partial charge in [0.15, 0.2) is 0 Å². The minimum atomic E-state index is 0.248. The van der Waals surface area contributed by atoms with Crippen LogP contribution in [0.1, 0.15) is 36.6 Å². The summed E-state index contributed by atoms with van der Waals surface area (Å²) in [4.78, 5) is 1.30. The van der Waals surface area contributed by atoms with Crippen LogP contribution in [0, 0.1) is 0 Å². The first-order valence-electron chi connectivity index (χ1n) is 6.10. The Morgan fingerprint density at radius 3 is 3.00 bits per heavy atom. The zero-order chi connectivity index (χ0) is 12.8. The molecule has 2 heterocycles. The molecule has 18 heavy (non-hydrogen) atoms. The summed E-state index contributed by atoms with van der Waals surface area (Å²) in [6, 6.07) is 4.93. The van der Waals surface area contributed by atoms with E-state index in [-0.39, 0.29) is 6.04 Å². The Hall–Kier alpha value is -1.40. The summed E-state index contributed by atoms with van der Waals surface area (Å²) in [5.74, 6) is 0.599. The topological polar surface area (TPSA) is 63.0 Å². The van der Waals surface area contributed by atoms with Gasteiger partial charge in [0.05, 0.1) is 12.6 Å². The maximum absolute atomic E-state index is 5.51. The van der Waals surface area contributed by atoms with Gasteiger partial charge in [-0.05, 0) is 24.9 Å². The van der Waals surface area contributed by atoms with Gasteiger partial charge >= 0.3 is 6.01 Å². The third-order valence-electron chi connectivity index (χ3n) is 2.56. The SMILES string of the molecule is CCCC(Nc1nnc(CNC)o1)c1cccs1. The lowest BCUT2D eigenvalue weighted by Crippen LogP contribution is -2.09. The molecule has 0 bridgehead atoms. The van der Waals surface area contributed by atoms with Crippen molar-refractivity contribution in [2.45, 2.75) is 32.4 Å². The van der Waals surface area contributed by atoms with Crippen molar-refractivity contribution in [3.05, 3.63) is 28.3 Å². The Balaban J connectivity index is 2.03. The van der Waals surface area contributed by atoms with E-state index in [1.807, 2.05) is 7.05 Å². The molecule has 2 N–H and O–H groups in total. The zero-order valence-corrected chi connectivity index (χ0v) is 11.5. The van der Waals surface area contributed by atoms with Crippen LogP contribution in [-0.2, 0) is 6.54 Å². The highest BCUT2D eigenvalue weighted by atomic mass is 32.1. The van der Waals surface area contributed by atoms with Crippen molar-refractivity contribution >= 4 is 17.4 Å². The molecule has 0 aliphatic carbocycles. The number of thiophene rings is 1. The molecule has 0 aromatic carbocycles. The highest BCUT2D eigenvalue weighted by Gasteiger charge is 2.14. The average molecular weight is 266 g/mol. The molecular weight excluding hydrogens is 248 g/mol. The third-order valence-corrected chi connectivity index (χ3v) is 3.54. The number of hydrogen-bond donors (Lipinski definition) is 2. The van der Waals surface area contributed by atoms with Crippen molar-refractivity contribution in [3.63, 3.8) is 0 Å². The predicted octanol–water partition coefficient (Wildman–Crippen LogP) is 2.80. The van der Waals surface area contributed by atoms with E-state index in [1.165, 1.54) is 4.88 Å². The van der Waals surface area contributed by atoms with E-state index in [0.717, 1.165) is 12.8 Å². The van der Waals surface area contributed by atoms with Gasteiger partial charge in [-0.25, -0.2) is 0 Å². The molecule has 2 aromatic heterocycles. The number of aromatic nitrogens is 2. The summed E-state index contributed by atoms with van der Waals surface area (Å²) in [6.45, 7) is 2.76. The maximum atomic E-state index is 5.51. The first-order chi connectivity index (χ1) is 8.83. The molecule has 0 aliphatic heterocycles. The fraction of sp³-hybridized carbons (Fsp3) is 0.500. The van der Waals surface area contributed by atoms with E-state index in [0.29, 0.717) is 18.5 Å². The number of anilines is 1. The van der Waals surface area contributed by atoms with Crippen LogP contribution in [0.4, 0.5) is 6.01 Å². The van der Waals surface area contributed by atoms with Gasteiger partial charge in [-0.3, -0.25) is 0 Å². The van der Waals surface area contributed by atoms with E-state index in [2.05, 4.69) is 45.3 Å². The first-order valence-corrected chi connectivity index (χ1v) is 6.98. The Kier molecular flexibility index (Phi) is 4.72. The second kappa shape index (κ2) is 6.51. The molecule has 1 unspecified atom stereocenters. The fourth-order valence-electron chi connectivity index (χ4n) is 1.75. The lowest BCUT2D eigenvalue weighted by atomic mass is 10.1. The summed E-state index contributed by atoms with van der Waals surface area (Å²) >= 11 is 1.74. The van der Waals surface area contributed by atoms with Crippen LogP contribution in [-0.4, -0.2) is 17.2 Å². The van der Waals surface area contributed by atoms with E-state index in [4.69, 9.17) is 4.42 Å². The maximum Gasteiger partial charge on any atom is 0.316 e. The molecule has 0 saturated heterocycles. The van der Waals surface area contributed by atoms with Crippen molar-refractivity contribution in [1.29, 1.82) is 0 Å². The van der Waals surface area contributed by atoms with Gasteiger partial charge in [-0.1, -0.05) is 24.5 Å². The van der Waals surface area contributed by atoms with Gasteiger partial charge in [0.1, 0.15) is 0 Å². The quantitative estimate of drug-likeness (QED) is 0.807. The summed E-state index contributed by atoms with van der Waals surface area (Å²) in [5, 5.41) is 16.3. The van der Waals surface area contributed by atoms with Crippen LogP contribution in [0.3, 0.4) is 0 Å². The lowest BCUT2D eigenvalue weighted by molar-refractivity contribution is 0.482. The number of nitrogens with one attached hydrogen (secondary N) is 2. The van der Waals surface area contributed by atoms with E-state index >= 15 is 0 Å². The van der Waals surface area contributed by atoms with Crippen LogP contribution in [0.15, 0.2) is 21.9 Å². The van der Waals surface area contributed by atoms with Crippen LogP contribution in [0.25, 0.3) is 0 Å². The Morgan fingerprint density at radius 1 is 1.44 bits per heavy atom. The molecule has 98 valence electrons. The van der Waals surface area contributed by atoms with Gasteiger partial charge in [0.2, 0.25) is 5.89 Å². The molecule has 0 saturated carbocycles. The molecule has 2 rings (SSSR count). The van der Waals surface area contributed by atoms with Gasteiger partial charge < -0.3 is 15.1 Å². The van der Waals surface area contributed by atoms with Gasteiger partial charge in [0.25, 0.3) is 0 Å². The fourth-order valence-corrected chi connectivity index (χ4v) is 2.56. The smallest absolute Gasteiger partial charge is 0.316 e. The Labute approximate surface area is 111 Å². The second-order valence-corrected chi connectivity index (χ2v) is 5.01. The standard InChI is InChI=1S/C12H18N4OS/c1-3-5-9(10-6-4-7-18-10)14-12-16-15-11(17-12)8-13-2/h4,6-7,9,13H,3,5,8H2,1-2H3,(H,14,16). The van der Waals surface area contributed by atoms with Crippen molar-refractivity contribution in [2.75, 3.05) is 12.4 Å². The van der Waals surface area contributed by atoms with E-state index < -0.39 is 0 Å².